The third kappa shape index (κ3) is 3.50. The summed E-state index contributed by atoms with van der Waals surface area (Å²) in [5, 5.41) is 5.99. The van der Waals surface area contributed by atoms with Gasteiger partial charge in [-0.3, -0.25) is 4.79 Å². The molecule has 0 bridgehead atoms. The minimum absolute atomic E-state index is 0.0193. The molecule has 3 heterocycles. The smallest absolute Gasteiger partial charge is 0.252 e. The molecular weight excluding hydrogens is 336 g/mol. The number of hydrogen-bond acceptors (Lipinski definition) is 5. The summed E-state index contributed by atoms with van der Waals surface area (Å²) in [7, 11) is 0. The third-order valence-electron chi connectivity index (χ3n) is 4.21. The molecular formula is C19H18N2O3S. The van der Waals surface area contributed by atoms with Crippen LogP contribution in [0.4, 0.5) is 5.69 Å². The number of ether oxygens (including phenoxy) is 1. The van der Waals surface area contributed by atoms with Gasteiger partial charge in [0.1, 0.15) is 12.3 Å². The van der Waals surface area contributed by atoms with Crippen LogP contribution in [-0.2, 0) is 22.6 Å². The van der Waals surface area contributed by atoms with E-state index in [0.29, 0.717) is 5.69 Å². The zero-order valence-electron chi connectivity index (χ0n) is 13.7. The first-order valence-corrected chi connectivity index (χ1v) is 9.15. The summed E-state index contributed by atoms with van der Waals surface area (Å²) in [5.74, 6) is 0.707. The fourth-order valence-corrected chi connectivity index (χ4v) is 3.70. The Labute approximate surface area is 149 Å². The van der Waals surface area contributed by atoms with E-state index in [2.05, 4.69) is 11.2 Å². The van der Waals surface area contributed by atoms with Crippen LogP contribution < -0.4 is 4.90 Å². The molecule has 0 saturated carbocycles. The summed E-state index contributed by atoms with van der Waals surface area (Å²) in [4.78, 5) is 15.3. The summed E-state index contributed by atoms with van der Waals surface area (Å²) in [5.41, 5.74) is 2.92. The number of carbonyl (C=O) groups excluding carboxylic acids is 1. The topological polar surface area (TPSA) is 55.6 Å². The largest absolute Gasteiger partial charge is 0.365 e. The molecule has 0 unspecified atom stereocenters. The highest BCUT2D eigenvalue weighted by atomic mass is 32.1. The maximum absolute atomic E-state index is 12.5. The zero-order valence-corrected chi connectivity index (χ0v) is 14.5. The summed E-state index contributed by atoms with van der Waals surface area (Å²) < 4.78 is 10.9. The number of amides is 1. The average Bonchev–Trinajstić information content (AvgIpc) is 3.32. The number of rotatable bonds is 5. The van der Waals surface area contributed by atoms with E-state index in [-0.39, 0.29) is 19.1 Å². The summed E-state index contributed by atoms with van der Waals surface area (Å²) in [6.45, 7) is 1.04. The van der Waals surface area contributed by atoms with Crippen LogP contribution in [0.15, 0.2) is 52.4 Å². The Morgan fingerprint density at radius 2 is 2.20 bits per heavy atom. The SMILES string of the molecule is O=C(COCc1cc(-c2cccs2)on1)N1CCCc2ccccc21. The fourth-order valence-electron chi connectivity index (χ4n) is 3.03. The lowest BCUT2D eigenvalue weighted by molar-refractivity contribution is -0.123. The van der Waals surface area contributed by atoms with Crippen molar-refractivity contribution in [2.24, 2.45) is 0 Å². The van der Waals surface area contributed by atoms with E-state index in [1.54, 1.807) is 11.3 Å². The number of fused-ring (bicyclic) bond motifs is 1. The molecule has 6 heteroatoms. The zero-order chi connectivity index (χ0) is 17.1. The Balaban J connectivity index is 1.34. The highest BCUT2D eigenvalue weighted by Gasteiger charge is 2.22. The van der Waals surface area contributed by atoms with Gasteiger partial charge in [-0.1, -0.05) is 29.4 Å². The number of carbonyl (C=O) groups is 1. The second kappa shape index (κ2) is 7.21. The molecule has 5 nitrogen and oxygen atoms in total. The number of para-hydroxylation sites is 1. The number of aromatic nitrogens is 1. The minimum atomic E-state index is -0.0193. The van der Waals surface area contributed by atoms with E-state index in [4.69, 9.17) is 9.26 Å². The minimum Gasteiger partial charge on any atom is -0.365 e. The van der Waals surface area contributed by atoms with Crippen LogP contribution in [0.2, 0.25) is 0 Å². The van der Waals surface area contributed by atoms with E-state index in [9.17, 15) is 4.79 Å². The molecule has 0 N–H and O–H groups in total. The molecule has 0 radical (unpaired) electrons. The fraction of sp³-hybridized carbons (Fsp3) is 0.263. The van der Waals surface area contributed by atoms with Crippen molar-refractivity contribution in [1.82, 2.24) is 5.16 Å². The van der Waals surface area contributed by atoms with Crippen molar-refractivity contribution in [3.8, 4) is 10.6 Å². The quantitative estimate of drug-likeness (QED) is 0.697. The van der Waals surface area contributed by atoms with E-state index >= 15 is 0 Å². The molecule has 1 aromatic carbocycles. The average molecular weight is 354 g/mol. The van der Waals surface area contributed by atoms with Crippen molar-refractivity contribution in [3.05, 3.63) is 59.1 Å². The number of hydrogen-bond donors (Lipinski definition) is 0. The van der Waals surface area contributed by atoms with Gasteiger partial charge in [0.05, 0.1) is 11.5 Å². The standard InChI is InChI=1S/C19H18N2O3S/c22-19(21-9-3-6-14-5-1-2-7-16(14)21)13-23-12-15-11-17(24-20-15)18-8-4-10-25-18/h1-2,4-5,7-8,10-11H,3,6,9,12-13H2. The van der Waals surface area contributed by atoms with Crippen molar-refractivity contribution < 1.29 is 14.1 Å². The molecule has 0 saturated heterocycles. The van der Waals surface area contributed by atoms with Gasteiger partial charge in [0.2, 0.25) is 0 Å². The van der Waals surface area contributed by atoms with Gasteiger partial charge < -0.3 is 14.2 Å². The first kappa shape index (κ1) is 16.1. The Kier molecular flexibility index (Phi) is 4.63. The van der Waals surface area contributed by atoms with Crippen molar-refractivity contribution in [2.75, 3.05) is 18.1 Å². The molecule has 128 valence electrons. The van der Waals surface area contributed by atoms with Crippen molar-refractivity contribution in [3.63, 3.8) is 0 Å². The molecule has 25 heavy (non-hydrogen) atoms. The van der Waals surface area contributed by atoms with Gasteiger partial charge in [0.15, 0.2) is 5.76 Å². The van der Waals surface area contributed by atoms with Crippen molar-refractivity contribution >= 4 is 22.9 Å². The first-order chi connectivity index (χ1) is 12.3. The van der Waals surface area contributed by atoms with Crippen LogP contribution in [0.5, 0.6) is 0 Å². The predicted octanol–water partition coefficient (Wildman–Crippen LogP) is 3.90. The maximum atomic E-state index is 12.5. The molecule has 2 aromatic heterocycles. The molecule has 1 aliphatic rings. The number of aryl methyl sites for hydroxylation is 1. The lowest BCUT2D eigenvalue weighted by atomic mass is 10.0. The van der Waals surface area contributed by atoms with E-state index < -0.39 is 0 Å². The van der Waals surface area contributed by atoms with Gasteiger partial charge in [-0.25, -0.2) is 0 Å². The van der Waals surface area contributed by atoms with E-state index in [0.717, 1.165) is 35.7 Å². The van der Waals surface area contributed by atoms with Gasteiger partial charge in [0, 0.05) is 18.3 Å². The van der Waals surface area contributed by atoms with Crippen LogP contribution in [0.1, 0.15) is 17.7 Å². The van der Waals surface area contributed by atoms with Crippen molar-refractivity contribution in [2.45, 2.75) is 19.4 Å². The van der Waals surface area contributed by atoms with E-state index in [1.807, 2.05) is 46.7 Å². The van der Waals surface area contributed by atoms with Gasteiger partial charge >= 0.3 is 0 Å². The van der Waals surface area contributed by atoms with Gasteiger partial charge in [-0.05, 0) is 35.9 Å². The maximum Gasteiger partial charge on any atom is 0.252 e. The summed E-state index contributed by atoms with van der Waals surface area (Å²) >= 11 is 1.60. The predicted molar refractivity (Wildman–Crippen MR) is 96.6 cm³/mol. The number of nitrogens with zero attached hydrogens (tertiary/aromatic N) is 2. The van der Waals surface area contributed by atoms with Crippen LogP contribution >= 0.6 is 11.3 Å². The molecule has 0 atom stereocenters. The van der Waals surface area contributed by atoms with Gasteiger partial charge in [-0.2, -0.15) is 0 Å². The lowest BCUT2D eigenvalue weighted by Gasteiger charge is -2.29. The Morgan fingerprint density at radius 3 is 3.08 bits per heavy atom. The monoisotopic (exact) mass is 354 g/mol. The molecule has 1 aliphatic heterocycles. The number of benzene rings is 1. The van der Waals surface area contributed by atoms with Crippen LogP contribution in [-0.4, -0.2) is 24.2 Å². The molecule has 1 amide bonds. The summed E-state index contributed by atoms with van der Waals surface area (Å²) in [6, 6.07) is 13.9. The van der Waals surface area contributed by atoms with Crippen LogP contribution in [0.25, 0.3) is 10.6 Å². The Hall–Kier alpha value is -2.44. The highest BCUT2D eigenvalue weighted by Crippen LogP contribution is 2.27. The molecule has 0 spiro atoms. The molecule has 3 aromatic rings. The Morgan fingerprint density at radius 1 is 1.28 bits per heavy atom. The van der Waals surface area contributed by atoms with Crippen LogP contribution in [0, 0.1) is 0 Å². The third-order valence-corrected chi connectivity index (χ3v) is 5.09. The van der Waals surface area contributed by atoms with Crippen molar-refractivity contribution in [1.29, 1.82) is 0 Å². The summed E-state index contributed by atoms with van der Waals surface area (Å²) in [6.07, 6.45) is 2.00. The number of anilines is 1. The second-order valence-electron chi connectivity index (χ2n) is 5.93. The molecule has 0 fully saturated rings. The lowest BCUT2D eigenvalue weighted by Crippen LogP contribution is -2.37. The second-order valence-corrected chi connectivity index (χ2v) is 6.88. The molecule has 0 aliphatic carbocycles. The van der Waals surface area contributed by atoms with Crippen LogP contribution in [0.3, 0.4) is 0 Å². The Bertz CT molecular complexity index is 857. The highest BCUT2D eigenvalue weighted by molar-refractivity contribution is 7.13. The normalized spacial score (nSPS) is 13.7. The van der Waals surface area contributed by atoms with Gasteiger partial charge in [-0.15, -0.1) is 11.3 Å². The van der Waals surface area contributed by atoms with E-state index in [1.165, 1.54) is 5.56 Å². The van der Waals surface area contributed by atoms with Gasteiger partial charge in [0.25, 0.3) is 5.91 Å². The molecule has 4 rings (SSSR count). The number of thiophene rings is 1. The first-order valence-electron chi connectivity index (χ1n) is 8.27.